The second-order valence-electron chi connectivity index (χ2n) is 6.00. The van der Waals surface area contributed by atoms with Crippen LogP contribution in [0, 0.1) is 6.92 Å². The number of hydrogen-bond donors (Lipinski definition) is 2. The number of benzene rings is 1. The molecule has 6 heteroatoms. The third-order valence-electron chi connectivity index (χ3n) is 4.33. The summed E-state index contributed by atoms with van der Waals surface area (Å²) in [7, 11) is 0. The second kappa shape index (κ2) is 5.73. The lowest BCUT2D eigenvalue weighted by molar-refractivity contribution is 0.103. The first-order chi connectivity index (χ1) is 12.1. The molecule has 6 nitrogen and oxygen atoms in total. The van der Waals surface area contributed by atoms with Crippen molar-refractivity contribution in [3.8, 4) is 5.75 Å². The summed E-state index contributed by atoms with van der Waals surface area (Å²) in [6.45, 7) is 4.31. The molecular weight excluding hydrogens is 318 g/mol. The van der Waals surface area contributed by atoms with Crippen LogP contribution in [-0.2, 0) is 0 Å². The first-order valence-electron chi connectivity index (χ1n) is 8.15. The van der Waals surface area contributed by atoms with Crippen LogP contribution < -0.4 is 15.4 Å². The molecule has 1 aliphatic heterocycles. The van der Waals surface area contributed by atoms with E-state index in [1.165, 1.54) is 0 Å². The van der Waals surface area contributed by atoms with Crippen molar-refractivity contribution in [2.24, 2.45) is 0 Å². The average molecular weight is 335 g/mol. The Balaban J connectivity index is 1.84. The van der Waals surface area contributed by atoms with Crippen molar-refractivity contribution in [1.82, 2.24) is 15.6 Å². The molecule has 2 aliphatic rings. The van der Waals surface area contributed by atoms with Gasteiger partial charge in [0, 0.05) is 5.69 Å². The topological polar surface area (TPSA) is 80.3 Å². The number of fused-ring (bicyclic) bond motifs is 2. The number of carbonyl (C=O) groups is 2. The third kappa shape index (κ3) is 2.46. The van der Waals surface area contributed by atoms with E-state index in [1.807, 2.05) is 38.1 Å². The highest BCUT2D eigenvalue weighted by atomic mass is 16.5. The zero-order chi connectivity index (χ0) is 17.6. The molecule has 25 heavy (non-hydrogen) atoms. The SMILES string of the molecule is CCOc1cccc(C2NC(=O)NC3=C2C(=O)c2ccc(C)nc23)c1. The van der Waals surface area contributed by atoms with Crippen LogP contribution in [0.4, 0.5) is 4.79 Å². The van der Waals surface area contributed by atoms with Crippen molar-refractivity contribution in [2.75, 3.05) is 6.61 Å². The number of carbonyl (C=O) groups excluding carboxylic acids is 2. The fourth-order valence-corrected chi connectivity index (χ4v) is 3.27. The number of rotatable bonds is 3. The minimum absolute atomic E-state index is 0.114. The van der Waals surface area contributed by atoms with Crippen molar-refractivity contribution in [3.05, 3.63) is 64.5 Å². The lowest BCUT2D eigenvalue weighted by Crippen LogP contribution is -2.43. The van der Waals surface area contributed by atoms with E-state index in [9.17, 15) is 9.59 Å². The number of hydrogen-bond acceptors (Lipinski definition) is 4. The minimum Gasteiger partial charge on any atom is -0.494 e. The molecule has 0 saturated heterocycles. The number of pyridine rings is 1. The molecule has 1 unspecified atom stereocenters. The fraction of sp³-hybridized carbons (Fsp3) is 0.211. The van der Waals surface area contributed by atoms with Crippen molar-refractivity contribution >= 4 is 17.5 Å². The predicted molar refractivity (Wildman–Crippen MR) is 92.2 cm³/mol. The third-order valence-corrected chi connectivity index (χ3v) is 4.33. The second-order valence-corrected chi connectivity index (χ2v) is 6.00. The van der Waals surface area contributed by atoms with Gasteiger partial charge in [-0.05, 0) is 43.7 Å². The predicted octanol–water partition coefficient (Wildman–Crippen LogP) is 2.75. The summed E-state index contributed by atoms with van der Waals surface area (Å²) in [5.41, 5.74) is 3.67. The van der Waals surface area contributed by atoms with Crippen LogP contribution in [0.1, 0.15) is 40.3 Å². The highest BCUT2D eigenvalue weighted by molar-refractivity contribution is 6.22. The molecule has 0 fully saturated rings. The van der Waals surface area contributed by atoms with E-state index in [2.05, 4.69) is 15.6 Å². The number of aromatic nitrogens is 1. The number of amides is 2. The van der Waals surface area contributed by atoms with Gasteiger partial charge in [0.05, 0.1) is 35.2 Å². The van der Waals surface area contributed by atoms with E-state index < -0.39 is 6.04 Å². The number of nitrogens with zero attached hydrogens (tertiary/aromatic N) is 1. The van der Waals surface area contributed by atoms with Crippen LogP contribution in [0.15, 0.2) is 42.0 Å². The number of Topliss-reactive ketones (excluding diaryl/α,β-unsaturated/α-hetero) is 1. The summed E-state index contributed by atoms with van der Waals surface area (Å²) in [4.78, 5) is 29.5. The molecule has 2 heterocycles. The summed E-state index contributed by atoms with van der Waals surface area (Å²) in [6.07, 6.45) is 0. The number of ether oxygens (including phenoxy) is 1. The van der Waals surface area contributed by atoms with E-state index in [0.717, 1.165) is 11.3 Å². The van der Waals surface area contributed by atoms with Gasteiger partial charge in [-0.3, -0.25) is 9.78 Å². The Kier molecular flexibility index (Phi) is 3.53. The van der Waals surface area contributed by atoms with Crippen LogP contribution in [-0.4, -0.2) is 23.4 Å². The molecule has 0 bridgehead atoms. The van der Waals surface area contributed by atoms with Crippen molar-refractivity contribution < 1.29 is 14.3 Å². The highest BCUT2D eigenvalue weighted by Crippen LogP contribution is 2.39. The first kappa shape index (κ1) is 15.4. The van der Waals surface area contributed by atoms with Gasteiger partial charge in [0.2, 0.25) is 0 Å². The molecule has 1 atom stereocenters. The van der Waals surface area contributed by atoms with Gasteiger partial charge >= 0.3 is 6.03 Å². The van der Waals surface area contributed by atoms with Crippen molar-refractivity contribution in [1.29, 1.82) is 0 Å². The molecular formula is C19H17N3O3. The number of aryl methyl sites for hydroxylation is 1. The number of urea groups is 1. The zero-order valence-corrected chi connectivity index (χ0v) is 13.9. The van der Waals surface area contributed by atoms with Gasteiger partial charge in [0.1, 0.15) is 5.75 Å². The van der Waals surface area contributed by atoms with Gasteiger partial charge in [0.25, 0.3) is 0 Å². The monoisotopic (exact) mass is 335 g/mol. The van der Waals surface area contributed by atoms with E-state index >= 15 is 0 Å². The van der Waals surface area contributed by atoms with E-state index in [4.69, 9.17) is 4.74 Å². The van der Waals surface area contributed by atoms with Crippen LogP contribution >= 0.6 is 0 Å². The Morgan fingerprint density at radius 2 is 2.04 bits per heavy atom. The molecule has 0 saturated carbocycles. The number of nitrogens with one attached hydrogen (secondary N) is 2. The Morgan fingerprint density at radius 3 is 2.84 bits per heavy atom. The molecule has 4 rings (SSSR count). The van der Waals surface area contributed by atoms with Gasteiger partial charge in [-0.25, -0.2) is 4.79 Å². The summed E-state index contributed by atoms with van der Waals surface area (Å²) < 4.78 is 5.54. The molecule has 0 radical (unpaired) electrons. The summed E-state index contributed by atoms with van der Waals surface area (Å²) >= 11 is 0. The smallest absolute Gasteiger partial charge is 0.320 e. The van der Waals surface area contributed by atoms with Gasteiger partial charge in [-0.1, -0.05) is 12.1 Å². The molecule has 2 amide bonds. The molecule has 2 N–H and O–H groups in total. The van der Waals surface area contributed by atoms with Crippen molar-refractivity contribution in [2.45, 2.75) is 19.9 Å². The van der Waals surface area contributed by atoms with Crippen LogP contribution in [0.25, 0.3) is 5.70 Å². The quantitative estimate of drug-likeness (QED) is 0.904. The molecule has 2 aromatic rings. The van der Waals surface area contributed by atoms with E-state index in [0.29, 0.717) is 34.9 Å². The Labute approximate surface area is 144 Å². The fourth-order valence-electron chi connectivity index (χ4n) is 3.27. The van der Waals surface area contributed by atoms with Gasteiger partial charge in [-0.15, -0.1) is 0 Å². The minimum atomic E-state index is -0.536. The Morgan fingerprint density at radius 1 is 1.20 bits per heavy atom. The van der Waals surface area contributed by atoms with Crippen molar-refractivity contribution in [3.63, 3.8) is 0 Å². The van der Waals surface area contributed by atoms with Gasteiger partial charge in [0.15, 0.2) is 5.78 Å². The maximum absolute atomic E-state index is 12.9. The molecule has 1 aromatic heterocycles. The lowest BCUT2D eigenvalue weighted by atomic mass is 9.94. The maximum Gasteiger partial charge on any atom is 0.320 e. The normalized spacial score (nSPS) is 18.4. The summed E-state index contributed by atoms with van der Waals surface area (Å²) in [5, 5.41) is 5.59. The summed E-state index contributed by atoms with van der Waals surface area (Å²) in [6, 6.07) is 10.1. The maximum atomic E-state index is 12.9. The lowest BCUT2D eigenvalue weighted by Gasteiger charge is -2.26. The van der Waals surface area contributed by atoms with Crippen LogP contribution in [0.3, 0.4) is 0 Å². The molecule has 1 aliphatic carbocycles. The van der Waals surface area contributed by atoms with E-state index in [-0.39, 0.29) is 11.8 Å². The largest absolute Gasteiger partial charge is 0.494 e. The van der Waals surface area contributed by atoms with Crippen LogP contribution in [0.2, 0.25) is 0 Å². The zero-order valence-electron chi connectivity index (χ0n) is 13.9. The van der Waals surface area contributed by atoms with E-state index in [1.54, 1.807) is 12.1 Å². The average Bonchev–Trinajstić information content (AvgIpc) is 2.87. The Bertz CT molecular complexity index is 933. The standard InChI is InChI=1S/C19H17N3O3/c1-3-25-12-6-4-5-11(9-12)15-14-17(22-19(24)21-15)16-13(18(14)23)8-7-10(2)20-16/h4-9,15H,3H2,1-2H3,(H2,21,22,24). The highest BCUT2D eigenvalue weighted by Gasteiger charge is 2.40. The Hall–Kier alpha value is -3.15. The number of ketones is 1. The molecule has 126 valence electrons. The van der Waals surface area contributed by atoms with Crippen LogP contribution in [0.5, 0.6) is 5.75 Å². The first-order valence-corrected chi connectivity index (χ1v) is 8.15. The van der Waals surface area contributed by atoms with Gasteiger partial charge in [-0.2, -0.15) is 0 Å². The molecule has 0 spiro atoms. The summed E-state index contributed by atoms with van der Waals surface area (Å²) in [5.74, 6) is 0.587. The van der Waals surface area contributed by atoms with Gasteiger partial charge < -0.3 is 15.4 Å². The molecule has 1 aromatic carbocycles.